The lowest BCUT2D eigenvalue weighted by Crippen LogP contribution is -2.03. The van der Waals surface area contributed by atoms with E-state index in [1.165, 1.54) is 0 Å². The van der Waals surface area contributed by atoms with Crippen LogP contribution in [0.3, 0.4) is 0 Å². The van der Waals surface area contributed by atoms with Crippen molar-refractivity contribution in [2.24, 2.45) is 0 Å². The minimum Gasteiger partial charge on any atom is -0.611 e. The topological polar surface area (TPSA) is 51.7 Å². The van der Waals surface area contributed by atoms with Gasteiger partial charge in [-0.05, 0) is 47.1 Å². The summed E-state index contributed by atoms with van der Waals surface area (Å²) in [5.41, 5.74) is 1.06. The summed E-state index contributed by atoms with van der Waals surface area (Å²) < 4.78 is 11.8. The molecule has 1 aromatic heterocycles. The lowest BCUT2D eigenvalue weighted by atomic mass is 10.1. The van der Waals surface area contributed by atoms with Crippen molar-refractivity contribution in [2.75, 3.05) is 5.75 Å². The van der Waals surface area contributed by atoms with Crippen molar-refractivity contribution in [3.05, 3.63) is 48.8 Å². The number of hydrogen-bond acceptors (Lipinski definition) is 2. The van der Waals surface area contributed by atoms with Crippen molar-refractivity contribution in [2.45, 2.75) is 11.8 Å². The number of benzene rings is 2. The summed E-state index contributed by atoms with van der Waals surface area (Å²) in [5.74, 6) is 1.51. The van der Waals surface area contributed by atoms with E-state index in [1.54, 1.807) is 6.20 Å². The van der Waals surface area contributed by atoms with Gasteiger partial charge < -0.3 is 9.54 Å². The Morgan fingerprint density at radius 3 is 2.68 bits per heavy atom. The van der Waals surface area contributed by atoms with Crippen LogP contribution in [0.15, 0.2) is 53.7 Å². The highest BCUT2D eigenvalue weighted by Gasteiger charge is 2.09. The van der Waals surface area contributed by atoms with Crippen LogP contribution in [0.1, 0.15) is 6.92 Å². The van der Waals surface area contributed by atoms with E-state index in [0.717, 1.165) is 27.1 Å². The molecule has 4 heteroatoms. The molecule has 0 radical (unpaired) electrons. The van der Waals surface area contributed by atoms with Crippen LogP contribution in [0.4, 0.5) is 0 Å². The first kappa shape index (κ1) is 12.3. The zero-order chi connectivity index (χ0) is 13.2. The van der Waals surface area contributed by atoms with E-state index in [0.29, 0.717) is 5.75 Å². The molecule has 96 valence electrons. The highest BCUT2D eigenvalue weighted by atomic mass is 32.2. The molecule has 3 rings (SSSR count). The molecule has 0 bridgehead atoms. The molecule has 0 aliphatic rings. The van der Waals surface area contributed by atoms with Crippen LogP contribution >= 0.6 is 0 Å². The van der Waals surface area contributed by atoms with Crippen LogP contribution in [0.25, 0.3) is 22.2 Å². The first-order valence-corrected chi connectivity index (χ1v) is 7.52. The quantitative estimate of drug-likeness (QED) is 0.742. The predicted molar refractivity (Wildman–Crippen MR) is 78.5 cm³/mol. The summed E-state index contributed by atoms with van der Waals surface area (Å²) in [7, 11) is 0. The largest absolute Gasteiger partial charge is 0.611 e. The van der Waals surface area contributed by atoms with Gasteiger partial charge in [-0.1, -0.05) is 12.1 Å². The monoisotopic (exact) mass is 270 g/mol. The molecule has 19 heavy (non-hydrogen) atoms. The Hall–Kier alpha value is -1.78. The third kappa shape index (κ3) is 2.37. The van der Waals surface area contributed by atoms with Gasteiger partial charge in [-0.25, -0.2) is 4.98 Å². The fraction of sp³-hybridized carbons (Fsp3) is 0.133. The fourth-order valence-electron chi connectivity index (χ4n) is 2.10. The molecule has 3 nitrogen and oxygen atoms in total. The Labute approximate surface area is 114 Å². The molecule has 3 aromatic rings. The van der Waals surface area contributed by atoms with E-state index in [4.69, 9.17) is 0 Å². The molecule has 0 aliphatic heterocycles. The van der Waals surface area contributed by atoms with Crippen molar-refractivity contribution in [1.82, 2.24) is 9.97 Å². The smallest absolute Gasteiger partial charge is 0.153 e. The van der Waals surface area contributed by atoms with Crippen LogP contribution in [-0.4, -0.2) is 20.3 Å². The van der Waals surface area contributed by atoms with E-state index >= 15 is 0 Å². The predicted octanol–water partition coefficient (Wildman–Crippen LogP) is 3.36. The van der Waals surface area contributed by atoms with Gasteiger partial charge in [0.05, 0.1) is 0 Å². The SMILES string of the molecule is CC[S+]([O-])c1ccc2cc(-c3ncc[nH]3)ccc2c1. The number of hydrogen-bond donors (Lipinski definition) is 1. The number of imidazole rings is 1. The van der Waals surface area contributed by atoms with Crippen molar-refractivity contribution < 1.29 is 4.55 Å². The van der Waals surface area contributed by atoms with Crippen LogP contribution in [0.2, 0.25) is 0 Å². The molecule has 0 amide bonds. The van der Waals surface area contributed by atoms with Gasteiger partial charge in [-0.3, -0.25) is 0 Å². The van der Waals surface area contributed by atoms with Gasteiger partial charge in [-0.2, -0.15) is 0 Å². The Bertz CT molecular complexity index is 694. The Balaban J connectivity index is 2.06. The highest BCUT2D eigenvalue weighted by Crippen LogP contribution is 2.24. The van der Waals surface area contributed by atoms with Gasteiger partial charge in [0.25, 0.3) is 0 Å². The molecule has 0 aliphatic carbocycles. The third-order valence-electron chi connectivity index (χ3n) is 3.11. The highest BCUT2D eigenvalue weighted by molar-refractivity contribution is 7.91. The summed E-state index contributed by atoms with van der Waals surface area (Å²) in [6.45, 7) is 1.93. The van der Waals surface area contributed by atoms with Crippen LogP contribution in [-0.2, 0) is 11.2 Å². The number of fused-ring (bicyclic) bond motifs is 1. The molecule has 0 saturated heterocycles. The van der Waals surface area contributed by atoms with Crippen LogP contribution < -0.4 is 0 Å². The number of nitrogens with zero attached hydrogens (tertiary/aromatic N) is 1. The van der Waals surface area contributed by atoms with E-state index in [1.807, 2.05) is 43.5 Å². The summed E-state index contributed by atoms with van der Waals surface area (Å²) >= 11 is -0.900. The minimum atomic E-state index is -0.900. The van der Waals surface area contributed by atoms with E-state index in [9.17, 15) is 4.55 Å². The first-order valence-electron chi connectivity index (χ1n) is 6.20. The van der Waals surface area contributed by atoms with Crippen molar-refractivity contribution >= 4 is 21.9 Å². The van der Waals surface area contributed by atoms with Crippen molar-refractivity contribution in [3.63, 3.8) is 0 Å². The standard InChI is InChI=1S/C15H14N2OS/c1-2-19(18)14-6-5-11-9-13(4-3-12(11)10-14)15-16-7-8-17-15/h3-10H,2H2,1H3,(H,16,17). The number of aromatic amines is 1. The maximum Gasteiger partial charge on any atom is 0.153 e. The zero-order valence-electron chi connectivity index (χ0n) is 10.6. The van der Waals surface area contributed by atoms with Gasteiger partial charge in [0, 0.05) is 24.0 Å². The molecular weight excluding hydrogens is 256 g/mol. The second kappa shape index (κ2) is 5.07. The fourth-order valence-corrected chi connectivity index (χ4v) is 2.91. The van der Waals surface area contributed by atoms with Gasteiger partial charge in [-0.15, -0.1) is 0 Å². The van der Waals surface area contributed by atoms with Crippen LogP contribution in [0, 0.1) is 0 Å². The third-order valence-corrected chi connectivity index (χ3v) is 4.41. The van der Waals surface area contributed by atoms with Gasteiger partial charge >= 0.3 is 0 Å². The molecular formula is C15H14N2OS. The summed E-state index contributed by atoms with van der Waals surface area (Å²) in [4.78, 5) is 8.23. The van der Waals surface area contributed by atoms with E-state index in [-0.39, 0.29) is 0 Å². The average molecular weight is 270 g/mol. The van der Waals surface area contributed by atoms with Gasteiger partial charge in [0.1, 0.15) is 11.6 Å². The molecule has 0 spiro atoms. The second-order valence-electron chi connectivity index (χ2n) is 4.30. The maximum atomic E-state index is 11.8. The molecule has 2 aromatic carbocycles. The molecule has 0 fully saturated rings. The Morgan fingerprint density at radius 2 is 1.95 bits per heavy atom. The average Bonchev–Trinajstić information content (AvgIpc) is 2.99. The second-order valence-corrected chi connectivity index (χ2v) is 6.04. The molecule has 1 unspecified atom stereocenters. The summed E-state index contributed by atoms with van der Waals surface area (Å²) in [6, 6.07) is 12.1. The number of H-pyrrole nitrogens is 1. The molecule has 1 atom stereocenters. The van der Waals surface area contributed by atoms with Gasteiger partial charge in [0.2, 0.25) is 0 Å². The van der Waals surface area contributed by atoms with E-state index < -0.39 is 11.2 Å². The summed E-state index contributed by atoms with van der Waals surface area (Å²) in [5, 5.41) is 2.24. The van der Waals surface area contributed by atoms with Crippen molar-refractivity contribution in [3.8, 4) is 11.4 Å². The molecule has 0 saturated carbocycles. The number of nitrogens with one attached hydrogen (secondary N) is 1. The molecule has 1 heterocycles. The lowest BCUT2D eigenvalue weighted by molar-refractivity contribution is 0.596. The normalized spacial score (nSPS) is 12.7. The number of rotatable bonds is 3. The minimum absolute atomic E-state index is 0.649. The Morgan fingerprint density at radius 1 is 1.16 bits per heavy atom. The summed E-state index contributed by atoms with van der Waals surface area (Å²) in [6.07, 6.45) is 3.56. The first-order chi connectivity index (χ1) is 9.28. The Kier molecular flexibility index (Phi) is 3.27. The lowest BCUT2D eigenvalue weighted by Gasteiger charge is -2.09. The van der Waals surface area contributed by atoms with Crippen molar-refractivity contribution in [1.29, 1.82) is 0 Å². The molecule has 1 N–H and O–H groups in total. The van der Waals surface area contributed by atoms with Gasteiger partial charge in [0.15, 0.2) is 4.90 Å². The number of aromatic nitrogens is 2. The van der Waals surface area contributed by atoms with Crippen LogP contribution in [0.5, 0.6) is 0 Å². The maximum absolute atomic E-state index is 11.8. The van der Waals surface area contributed by atoms with E-state index in [2.05, 4.69) is 16.0 Å². The zero-order valence-corrected chi connectivity index (χ0v) is 11.4.